The molecule has 7 aromatic carbocycles. The fraction of sp³-hybridized carbons (Fsp3) is 0. The molecule has 9 aromatic rings. The van der Waals surface area contributed by atoms with Crippen LogP contribution in [0.1, 0.15) is 11.0 Å². The van der Waals surface area contributed by atoms with Crippen LogP contribution in [0.25, 0.3) is 83.9 Å². The summed E-state index contributed by atoms with van der Waals surface area (Å²) in [5.41, 5.74) is 5.90. The van der Waals surface area contributed by atoms with Crippen LogP contribution < -0.4 is 0 Å². The van der Waals surface area contributed by atoms with Gasteiger partial charge in [-0.15, -0.1) is 0 Å². The average molecular weight is 635 g/mol. The van der Waals surface area contributed by atoms with E-state index in [0.29, 0.717) is 34.3 Å². The summed E-state index contributed by atoms with van der Waals surface area (Å²) in [7, 11) is 0. The molecule has 0 saturated carbocycles. The van der Waals surface area contributed by atoms with Crippen LogP contribution in [-0.2, 0) is 0 Å². The first-order chi connectivity index (χ1) is 27.6. The van der Waals surface area contributed by atoms with Crippen LogP contribution in [0.2, 0.25) is 0 Å². The molecular formula is C45H30N4. The van der Waals surface area contributed by atoms with E-state index in [1.54, 1.807) is 6.07 Å². The molecule has 230 valence electrons. The minimum atomic E-state index is -0.502. The largest absolute Gasteiger partial charge is 0.309 e. The van der Waals surface area contributed by atoms with E-state index in [1.807, 2.05) is 127 Å². The Bertz CT molecular complexity index is 2970. The fourth-order valence-corrected chi connectivity index (χ4v) is 6.27. The molecule has 0 atom stereocenters. The second-order valence-corrected chi connectivity index (χ2v) is 11.5. The zero-order valence-electron chi connectivity index (χ0n) is 34.0. The summed E-state index contributed by atoms with van der Waals surface area (Å²) in [6.07, 6.45) is 0. The lowest BCUT2D eigenvalue weighted by Gasteiger charge is -2.16. The SMILES string of the molecule is [2H]c1c([2H])c([2H])c2c(c1[2H])c1c([2H])c([2H])c([2H])c([2H])c1n2-c1cc(-c2nc(-c3ccccc3)nc(-c3ccccc3-c3ccccc3)n2)ccc1-c1ccccc1. The molecule has 0 N–H and O–H groups in total. The lowest BCUT2D eigenvalue weighted by Crippen LogP contribution is -2.03. The number of para-hydroxylation sites is 2. The van der Waals surface area contributed by atoms with Crippen molar-refractivity contribution in [2.45, 2.75) is 0 Å². The molecule has 0 radical (unpaired) electrons. The van der Waals surface area contributed by atoms with Gasteiger partial charge >= 0.3 is 0 Å². The molecule has 0 aliphatic heterocycles. The highest BCUT2D eigenvalue weighted by atomic mass is 15.0. The molecule has 9 rings (SSSR count). The summed E-state index contributed by atoms with van der Waals surface area (Å²) in [6.45, 7) is 0. The summed E-state index contributed by atoms with van der Waals surface area (Å²) in [5.74, 6) is 1.20. The van der Waals surface area contributed by atoms with Gasteiger partial charge in [0.05, 0.1) is 27.7 Å². The fourth-order valence-electron chi connectivity index (χ4n) is 6.27. The van der Waals surface area contributed by atoms with Gasteiger partial charge < -0.3 is 4.57 Å². The van der Waals surface area contributed by atoms with Crippen LogP contribution >= 0.6 is 0 Å². The van der Waals surface area contributed by atoms with Crippen LogP contribution in [0.4, 0.5) is 0 Å². The number of aromatic nitrogens is 4. The van der Waals surface area contributed by atoms with E-state index < -0.39 is 36.3 Å². The summed E-state index contributed by atoms with van der Waals surface area (Å²) < 4.78 is 72.2. The Kier molecular flexibility index (Phi) is 5.29. The molecule has 0 spiro atoms. The smallest absolute Gasteiger partial charge is 0.164 e. The maximum absolute atomic E-state index is 9.17. The van der Waals surface area contributed by atoms with E-state index in [2.05, 4.69) is 0 Å². The minimum Gasteiger partial charge on any atom is -0.309 e. The third-order valence-electron chi connectivity index (χ3n) is 8.53. The average Bonchev–Trinajstić information content (AvgIpc) is 3.63. The first kappa shape index (κ1) is 21.3. The van der Waals surface area contributed by atoms with Crippen molar-refractivity contribution < 1.29 is 11.0 Å². The molecule has 4 heteroatoms. The number of nitrogens with zero attached hydrogens (tertiary/aromatic N) is 4. The third kappa shape index (κ3) is 5.16. The number of benzene rings is 7. The predicted molar refractivity (Wildman–Crippen MR) is 201 cm³/mol. The topological polar surface area (TPSA) is 43.6 Å². The van der Waals surface area contributed by atoms with Gasteiger partial charge in [-0.2, -0.15) is 0 Å². The second kappa shape index (κ2) is 12.2. The van der Waals surface area contributed by atoms with Gasteiger partial charge in [0.2, 0.25) is 0 Å². The lowest BCUT2D eigenvalue weighted by molar-refractivity contribution is 1.07. The number of fused-ring (bicyclic) bond motifs is 3. The van der Waals surface area contributed by atoms with Crippen LogP contribution in [0.3, 0.4) is 0 Å². The maximum atomic E-state index is 9.17. The number of hydrogen-bond donors (Lipinski definition) is 0. The van der Waals surface area contributed by atoms with Crippen molar-refractivity contribution >= 4 is 21.8 Å². The summed E-state index contributed by atoms with van der Waals surface area (Å²) >= 11 is 0. The zero-order valence-corrected chi connectivity index (χ0v) is 26.0. The Labute approximate surface area is 295 Å². The van der Waals surface area contributed by atoms with Crippen molar-refractivity contribution in [3.8, 4) is 62.1 Å². The van der Waals surface area contributed by atoms with Crippen molar-refractivity contribution in [1.29, 1.82) is 0 Å². The van der Waals surface area contributed by atoms with E-state index in [9.17, 15) is 0 Å². The van der Waals surface area contributed by atoms with Gasteiger partial charge in [-0.25, -0.2) is 15.0 Å². The third-order valence-corrected chi connectivity index (χ3v) is 8.53. The van der Waals surface area contributed by atoms with Crippen LogP contribution in [0.15, 0.2) is 182 Å². The Balaban J connectivity index is 1.39. The molecule has 0 aliphatic carbocycles. The van der Waals surface area contributed by atoms with E-state index in [0.717, 1.165) is 27.8 Å². The molecular weight excluding hydrogens is 597 g/mol. The normalized spacial score (nSPS) is 13.6. The van der Waals surface area contributed by atoms with Gasteiger partial charge in [-0.05, 0) is 34.8 Å². The zero-order chi connectivity index (χ0) is 39.5. The summed E-state index contributed by atoms with van der Waals surface area (Å²) in [4.78, 5) is 15.1. The van der Waals surface area contributed by atoms with E-state index in [-0.39, 0.29) is 33.9 Å². The molecule has 0 amide bonds. The van der Waals surface area contributed by atoms with Gasteiger partial charge in [0, 0.05) is 33.0 Å². The molecule has 0 bridgehead atoms. The summed E-state index contributed by atoms with van der Waals surface area (Å²) in [5, 5.41) is -0.00232. The van der Waals surface area contributed by atoms with Crippen molar-refractivity contribution in [3.05, 3.63) is 182 Å². The van der Waals surface area contributed by atoms with E-state index in [4.69, 9.17) is 25.9 Å². The minimum absolute atomic E-state index is 0.00116. The van der Waals surface area contributed by atoms with Gasteiger partial charge in [0.25, 0.3) is 0 Å². The van der Waals surface area contributed by atoms with Crippen molar-refractivity contribution in [3.63, 3.8) is 0 Å². The first-order valence-electron chi connectivity index (χ1n) is 19.8. The van der Waals surface area contributed by atoms with Gasteiger partial charge in [-0.1, -0.05) is 164 Å². The molecule has 4 nitrogen and oxygen atoms in total. The van der Waals surface area contributed by atoms with Crippen LogP contribution in [-0.4, -0.2) is 19.5 Å². The second-order valence-electron chi connectivity index (χ2n) is 11.5. The lowest BCUT2D eigenvalue weighted by atomic mass is 9.99. The molecule has 0 aliphatic rings. The van der Waals surface area contributed by atoms with Crippen LogP contribution in [0.5, 0.6) is 0 Å². The molecule has 2 heterocycles. The predicted octanol–water partition coefficient (Wildman–Crippen LogP) is 11.3. The highest BCUT2D eigenvalue weighted by Gasteiger charge is 2.19. The van der Waals surface area contributed by atoms with Crippen molar-refractivity contribution in [2.24, 2.45) is 0 Å². The van der Waals surface area contributed by atoms with Crippen molar-refractivity contribution in [1.82, 2.24) is 19.5 Å². The Morgan fingerprint density at radius 2 is 0.857 bits per heavy atom. The Hall–Kier alpha value is -6.65. The van der Waals surface area contributed by atoms with E-state index >= 15 is 0 Å². The highest BCUT2D eigenvalue weighted by Crippen LogP contribution is 2.38. The van der Waals surface area contributed by atoms with Gasteiger partial charge in [0.15, 0.2) is 17.5 Å². The highest BCUT2D eigenvalue weighted by molar-refractivity contribution is 6.09. The van der Waals surface area contributed by atoms with Crippen molar-refractivity contribution in [2.75, 3.05) is 0 Å². The van der Waals surface area contributed by atoms with Gasteiger partial charge in [0.1, 0.15) is 0 Å². The maximum Gasteiger partial charge on any atom is 0.164 e. The Morgan fingerprint density at radius 3 is 1.47 bits per heavy atom. The summed E-state index contributed by atoms with van der Waals surface area (Å²) in [6, 6.07) is 38.9. The van der Waals surface area contributed by atoms with E-state index in [1.165, 1.54) is 4.57 Å². The quantitative estimate of drug-likeness (QED) is 0.183. The van der Waals surface area contributed by atoms with Crippen LogP contribution in [0, 0.1) is 0 Å². The number of rotatable bonds is 6. The molecule has 0 unspecified atom stereocenters. The first-order valence-corrected chi connectivity index (χ1v) is 15.8. The molecule has 49 heavy (non-hydrogen) atoms. The number of hydrogen-bond acceptors (Lipinski definition) is 3. The molecule has 0 saturated heterocycles. The van der Waals surface area contributed by atoms with Gasteiger partial charge in [-0.3, -0.25) is 0 Å². The molecule has 0 fully saturated rings. The molecule has 2 aromatic heterocycles. The standard InChI is InChI=1S/C45H30N4/c1-4-16-31(17-5-1)35-22-10-11-25-39(35)45-47-43(33-20-8-3-9-21-33)46-44(48-45)34-28-29-36(32-18-6-2-7-19-32)42(30-34)49-40-26-14-12-23-37(40)38-24-13-15-27-41(38)49/h1-30H/i12D,13D,14D,15D,23D,24D,26D,27D. The monoisotopic (exact) mass is 634 g/mol. The Morgan fingerprint density at radius 1 is 0.388 bits per heavy atom.